The number of halogens is 1. The summed E-state index contributed by atoms with van der Waals surface area (Å²) in [5.41, 5.74) is 0. The van der Waals surface area contributed by atoms with Crippen molar-refractivity contribution in [2.75, 3.05) is 50.8 Å². The normalized spacial score (nSPS) is 22.5. The van der Waals surface area contributed by atoms with Crippen LogP contribution in [-0.2, 0) is 24.7 Å². The third-order valence-corrected chi connectivity index (χ3v) is 9.77. The predicted molar refractivity (Wildman–Crippen MR) is 116 cm³/mol. The minimum absolute atomic E-state index is 0.0722. The second kappa shape index (κ2) is 9.52. The van der Waals surface area contributed by atoms with Crippen molar-refractivity contribution in [2.45, 2.75) is 30.7 Å². The summed E-state index contributed by atoms with van der Waals surface area (Å²) in [5.74, 6) is 0.178. The van der Waals surface area contributed by atoms with Crippen molar-refractivity contribution >= 4 is 37.4 Å². The molecule has 2 heterocycles. The fourth-order valence-corrected chi connectivity index (χ4v) is 7.66. The maximum Gasteiger partial charge on any atom is 0.244 e. The van der Waals surface area contributed by atoms with E-state index in [2.05, 4.69) is 0 Å². The molecule has 0 N–H and O–H groups in total. The number of amides is 1. The number of rotatable bonds is 7. The van der Waals surface area contributed by atoms with Gasteiger partial charge in [0.2, 0.25) is 15.9 Å². The Labute approximate surface area is 183 Å². The van der Waals surface area contributed by atoms with Crippen molar-refractivity contribution in [3.05, 3.63) is 29.3 Å². The second-order valence-corrected chi connectivity index (χ2v) is 12.3. The molecule has 8 nitrogen and oxygen atoms in total. The summed E-state index contributed by atoms with van der Waals surface area (Å²) in [6.07, 6.45) is 1.38. The Morgan fingerprint density at radius 1 is 1.20 bits per heavy atom. The minimum atomic E-state index is -3.71. The Hall–Kier alpha value is -1.20. The predicted octanol–water partition coefficient (Wildman–Crippen LogP) is 1.07. The number of hydrogen-bond acceptors (Lipinski definition) is 6. The molecule has 0 spiro atoms. The molecule has 1 amide bonds. The maximum absolute atomic E-state index is 12.9. The number of piperazine rings is 1. The minimum Gasteiger partial charge on any atom is -0.339 e. The van der Waals surface area contributed by atoms with Crippen LogP contribution >= 0.6 is 11.6 Å². The first-order valence-corrected chi connectivity index (χ1v) is 13.7. The second-order valence-electron chi connectivity index (χ2n) is 7.74. The van der Waals surface area contributed by atoms with Crippen LogP contribution in [0.3, 0.4) is 0 Å². The average molecular weight is 478 g/mol. The first-order valence-electron chi connectivity index (χ1n) is 10.1. The van der Waals surface area contributed by atoms with E-state index in [-0.39, 0.29) is 53.0 Å². The summed E-state index contributed by atoms with van der Waals surface area (Å²) < 4.78 is 50.7. The Bertz CT molecular complexity index is 976. The Balaban J connectivity index is 1.60. The lowest BCUT2D eigenvalue weighted by Gasteiger charge is -2.36. The molecule has 0 bridgehead atoms. The number of carbonyl (C=O) groups is 1. The first-order chi connectivity index (χ1) is 14.1. The largest absolute Gasteiger partial charge is 0.339 e. The molecular weight excluding hydrogens is 450 g/mol. The first kappa shape index (κ1) is 23.5. The molecule has 0 saturated carbocycles. The highest BCUT2D eigenvalue weighted by atomic mass is 35.5. The van der Waals surface area contributed by atoms with Crippen molar-refractivity contribution in [1.82, 2.24) is 14.1 Å². The third-order valence-electron chi connectivity index (χ3n) is 5.62. The van der Waals surface area contributed by atoms with E-state index >= 15 is 0 Å². The zero-order valence-corrected chi connectivity index (χ0v) is 19.4. The van der Waals surface area contributed by atoms with Gasteiger partial charge in [0.1, 0.15) is 4.90 Å². The molecule has 1 aromatic rings. The Morgan fingerprint density at radius 2 is 1.87 bits per heavy atom. The summed E-state index contributed by atoms with van der Waals surface area (Å²) >= 11 is 6.06. The molecule has 0 radical (unpaired) electrons. The maximum atomic E-state index is 12.9. The fourth-order valence-electron chi connectivity index (χ4n) is 3.99. The van der Waals surface area contributed by atoms with Gasteiger partial charge in [0, 0.05) is 32.2 Å². The van der Waals surface area contributed by atoms with Gasteiger partial charge in [-0.15, -0.1) is 0 Å². The Kier molecular flexibility index (Phi) is 7.44. The van der Waals surface area contributed by atoms with Crippen molar-refractivity contribution < 1.29 is 21.6 Å². The van der Waals surface area contributed by atoms with Gasteiger partial charge in [0.25, 0.3) is 0 Å². The van der Waals surface area contributed by atoms with Crippen LogP contribution in [-0.4, -0.2) is 93.7 Å². The molecule has 2 fully saturated rings. The van der Waals surface area contributed by atoms with E-state index in [0.29, 0.717) is 26.1 Å². The number of sulfonamides is 1. The van der Waals surface area contributed by atoms with Crippen molar-refractivity contribution in [2.24, 2.45) is 0 Å². The molecule has 168 valence electrons. The molecule has 3 rings (SSSR count). The smallest absolute Gasteiger partial charge is 0.244 e. The molecule has 2 aliphatic heterocycles. The van der Waals surface area contributed by atoms with E-state index in [9.17, 15) is 21.6 Å². The van der Waals surface area contributed by atoms with E-state index in [0.717, 1.165) is 6.42 Å². The van der Waals surface area contributed by atoms with Crippen LogP contribution in [0.2, 0.25) is 5.02 Å². The monoisotopic (exact) mass is 477 g/mol. The zero-order chi connectivity index (χ0) is 21.9. The summed E-state index contributed by atoms with van der Waals surface area (Å²) in [5, 5.41) is 0.178. The van der Waals surface area contributed by atoms with Gasteiger partial charge in [0.05, 0.1) is 23.1 Å². The van der Waals surface area contributed by atoms with Crippen molar-refractivity contribution in [1.29, 1.82) is 0 Å². The van der Waals surface area contributed by atoms with Crippen molar-refractivity contribution in [3.8, 4) is 0 Å². The average Bonchev–Trinajstić information content (AvgIpc) is 3.07. The number of nitrogens with zero attached hydrogens (tertiary/aromatic N) is 3. The van der Waals surface area contributed by atoms with Crippen LogP contribution in [0.1, 0.15) is 19.8 Å². The van der Waals surface area contributed by atoms with Gasteiger partial charge in [-0.1, -0.05) is 30.7 Å². The van der Waals surface area contributed by atoms with Gasteiger partial charge < -0.3 is 4.90 Å². The number of benzene rings is 1. The molecule has 11 heteroatoms. The number of hydrogen-bond donors (Lipinski definition) is 0. The van der Waals surface area contributed by atoms with Gasteiger partial charge in [0.15, 0.2) is 9.84 Å². The Morgan fingerprint density at radius 3 is 2.43 bits per heavy atom. The topological polar surface area (TPSA) is 95.1 Å². The van der Waals surface area contributed by atoms with E-state index in [1.54, 1.807) is 23.1 Å². The molecule has 1 aromatic carbocycles. The van der Waals surface area contributed by atoms with Crippen LogP contribution in [0.5, 0.6) is 0 Å². The highest BCUT2D eigenvalue weighted by Crippen LogP contribution is 2.25. The van der Waals surface area contributed by atoms with Gasteiger partial charge in [-0.2, -0.15) is 4.31 Å². The van der Waals surface area contributed by atoms with E-state index < -0.39 is 19.9 Å². The van der Waals surface area contributed by atoms with Crippen LogP contribution < -0.4 is 0 Å². The quantitative estimate of drug-likeness (QED) is 0.583. The van der Waals surface area contributed by atoms with E-state index in [1.807, 2.05) is 11.8 Å². The SMILES string of the molecule is CCCN(CC(=O)N1CCN(S(=O)(=O)c2ccccc2Cl)CC1)C1CCS(=O)(=O)C1. The van der Waals surface area contributed by atoms with Crippen LogP contribution in [0.15, 0.2) is 29.2 Å². The highest BCUT2D eigenvalue weighted by Gasteiger charge is 2.35. The molecule has 2 saturated heterocycles. The van der Waals surface area contributed by atoms with E-state index in [1.165, 1.54) is 10.4 Å². The van der Waals surface area contributed by atoms with E-state index in [4.69, 9.17) is 11.6 Å². The number of carbonyl (C=O) groups excluding carboxylic acids is 1. The molecule has 2 aliphatic rings. The van der Waals surface area contributed by atoms with Crippen molar-refractivity contribution in [3.63, 3.8) is 0 Å². The summed E-state index contributed by atoms with van der Waals surface area (Å²) in [6, 6.07) is 6.20. The third kappa shape index (κ3) is 5.34. The number of sulfone groups is 1. The lowest BCUT2D eigenvalue weighted by molar-refractivity contribution is -0.134. The van der Waals surface area contributed by atoms with Crippen LogP contribution in [0, 0.1) is 0 Å². The van der Waals surface area contributed by atoms with Crippen LogP contribution in [0.25, 0.3) is 0 Å². The van der Waals surface area contributed by atoms with Gasteiger partial charge >= 0.3 is 0 Å². The molecule has 1 unspecified atom stereocenters. The lowest BCUT2D eigenvalue weighted by Crippen LogP contribution is -2.53. The zero-order valence-electron chi connectivity index (χ0n) is 17.0. The standard InChI is InChI=1S/C19H28ClN3O5S2/c1-2-8-22(16-7-13-29(25,26)15-16)14-19(24)21-9-11-23(12-10-21)30(27,28)18-6-4-3-5-17(18)20/h3-6,16H,2,7-15H2,1H3. The van der Waals surface area contributed by atoms with Gasteiger partial charge in [-0.25, -0.2) is 16.8 Å². The highest BCUT2D eigenvalue weighted by molar-refractivity contribution is 7.91. The van der Waals surface area contributed by atoms with Crippen LogP contribution in [0.4, 0.5) is 0 Å². The summed E-state index contributed by atoms with van der Waals surface area (Å²) in [7, 11) is -6.74. The summed E-state index contributed by atoms with van der Waals surface area (Å²) in [4.78, 5) is 16.5. The van der Waals surface area contributed by atoms with Gasteiger partial charge in [-0.3, -0.25) is 9.69 Å². The van der Waals surface area contributed by atoms with Gasteiger partial charge in [-0.05, 0) is 31.5 Å². The molecule has 1 atom stereocenters. The summed E-state index contributed by atoms with van der Waals surface area (Å²) in [6.45, 7) is 3.81. The molecule has 30 heavy (non-hydrogen) atoms. The molecule has 0 aromatic heterocycles. The molecular formula is C19H28ClN3O5S2. The molecule has 0 aliphatic carbocycles. The lowest BCUT2D eigenvalue weighted by atomic mass is 10.2. The fraction of sp³-hybridized carbons (Fsp3) is 0.632.